The molecule has 1 aromatic rings. The molecule has 6 heteroatoms. The van der Waals surface area contributed by atoms with Gasteiger partial charge in [-0.2, -0.15) is 0 Å². The fraction of sp³-hybridized carbons (Fsp3) is 0. The average molecular weight is 189 g/mol. The van der Waals surface area contributed by atoms with Crippen molar-refractivity contribution in [2.24, 2.45) is 11.0 Å². The third kappa shape index (κ3) is 1.47. The Balaban J connectivity index is 2.40. The van der Waals surface area contributed by atoms with E-state index in [2.05, 4.69) is 10.6 Å². The number of nitrogens with one attached hydrogen (secondary N) is 1. The zero-order chi connectivity index (χ0) is 9.97. The van der Waals surface area contributed by atoms with Crippen molar-refractivity contribution >= 4 is 25.1 Å². The molecule has 0 bridgehead atoms. The maximum Gasteiger partial charge on any atom is 0.411 e. The summed E-state index contributed by atoms with van der Waals surface area (Å²) in [6, 6.07) is 5.25. The minimum atomic E-state index is -0.312. The molecule has 0 unspecified atom stereocenters. The molecule has 0 radical (unpaired) electrons. The monoisotopic (exact) mass is 189 g/mol. The van der Waals surface area contributed by atoms with E-state index in [0.29, 0.717) is 13.0 Å². The standard InChI is InChI=1S/C8H8BN3O2/c10-12-8(13)5-1-2-7-6(3-5)4-11-14-9-7/h1-4,9H,10H2,(H,12,13). The Morgan fingerprint density at radius 2 is 2.43 bits per heavy atom. The van der Waals surface area contributed by atoms with E-state index in [1.807, 2.05) is 6.07 Å². The highest BCUT2D eigenvalue weighted by atomic mass is 16.6. The molecule has 5 nitrogen and oxygen atoms in total. The van der Waals surface area contributed by atoms with Gasteiger partial charge in [0.25, 0.3) is 5.91 Å². The molecule has 1 aromatic carbocycles. The van der Waals surface area contributed by atoms with Crippen molar-refractivity contribution in [3.8, 4) is 0 Å². The van der Waals surface area contributed by atoms with E-state index in [0.717, 1.165) is 11.0 Å². The van der Waals surface area contributed by atoms with Crippen LogP contribution in [0.25, 0.3) is 0 Å². The summed E-state index contributed by atoms with van der Waals surface area (Å²) in [6.45, 7) is 0. The number of benzene rings is 1. The van der Waals surface area contributed by atoms with Crippen molar-refractivity contribution in [2.45, 2.75) is 0 Å². The Morgan fingerprint density at radius 1 is 1.57 bits per heavy atom. The van der Waals surface area contributed by atoms with Crippen LogP contribution in [0, 0.1) is 0 Å². The fourth-order valence-corrected chi connectivity index (χ4v) is 1.27. The van der Waals surface area contributed by atoms with Crippen LogP contribution in [0.1, 0.15) is 15.9 Å². The van der Waals surface area contributed by atoms with Gasteiger partial charge in [0.15, 0.2) is 0 Å². The van der Waals surface area contributed by atoms with E-state index in [1.54, 1.807) is 18.3 Å². The predicted octanol–water partition coefficient (Wildman–Crippen LogP) is -1.37. The maximum absolute atomic E-state index is 11.2. The topological polar surface area (TPSA) is 76.7 Å². The van der Waals surface area contributed by atoms with Gasteiger partial charge in [-0.3, -0.25) is 10.2 Å². The lowest BCUT2D eigenvalue weighted by atomic mass is 9.83. The first-order chi connectivity index (χ1) is 6.81. The number of nitrogen functional groups attached to an aromatic ring is 1. The quantitative estimate of drug-likeness (QED) is 0.247. The lowest BCUT2D eigenvalue weighted by Gasteiger charge is -2.09. The molecule has 1 aliphatic rings. The van der Waals surface area contributed by atoms with Crippen molar-refractivity contribution in [3.63, 3.8) is 0 Å². The number of fused-ring (bicyclic) bond motifs is 1. The maximum atomic E-state index is 11.2. The minimum absolute atomic E-state index is 0.312. The SMILES string of the molecule is NNC(=O)c1ccc2c(c1)C=NOB2. The fourth-order valence-electron chi connectivity index (χ4n) is 1.27. The van der Waals surface area contributed by atoms with Gasteiger partial charge in [0.2, 0.25) is 0 Å². The summed E-state index contributed by atoms with van der Waals surface area (Å²) in [5.41, 5.74) is 4.48. The highest BCUT2D eigenvalue weighted by molar-refractivity contribution is 6.49. The number of rotatable bonds is 1. The first kappa shape index (κ1) is 8.77. The van der Waals surface area contributed by atoms with Crippen molar-refractivity contribution in [3.05, 3.63) is 29.3 Å². The first-order valence-electron chi connectivity index (χ1n) is 4.10. The second-order valence-corrected chi connectivity index (χ2v) is 2.90. The second-order valence-electron chi connectivity index (χ2n) is 2.90. The van der Waals surface area contributed by atoms with Crippen LogP contribution in [0.4, 0.5) is 0 Å². The molecule has 3 N–H and O–H groups in total. The lowest BCUT2D eigenvalue weighted by molar-refractivity contribution is 0.0953. The largest absolute Gasteiger partial charge is 0.468 e. The zero-order valence-corrected chi connectivity index (χ0v) is 7.36. The Hall–Kier alpha value is -1.82. The normalized spacial score (nSPS) is 12.4. The van der Waals surface area contributed by atoms with Crippen LogP contribution in [-0.2, 0) is 4.76 Å². The molecular weight excluding hydrogens is 181 g/mol. The summed E-state index contributed by atoms with van der Waals surface area (Å²) in [5, 5.41) is 3.66. The highest BCUT2D eigenvalue weighted by Crippen LogP contribution is 2.03. The molecule has 0 atom stereocenters. The molecule has 1 aliphatic heterocycles. The summed E-state index contributed by atoms with van der Waals surface area (Å²) >= 11 is 0. The van der Waals surface area contributed by atoms with Crippen molar-refractivity contribution < 1.29 is 9.55 Å². The molecule has 14 heavy (non-hydrogen) atoms. The highest BCUT2D eigenvalue weighted by Gasteiger charge is 2.11. The van der Waals surface area contributed by atoms with E-state index >= 15 is 0 Å². The molecule has 0 saturated carbocycles. The summed E-state index contributed by atoms with van der Waals surface area (Å²) < 4.78 is 4.87. The van der Waals surface area contributed by atoms with Crippen molar-refractivity contribution in [1.82, 2.24) is 5.43 Å². The third-order valence-electron chi connectivity index (χ3n) is 2.03. The molecule has 0 aliphatic carbocycles. The van der Waals surface area contributed by atoms with Crippen LogP contribution in [0.5, 0.6) is 0 Å². The van der Waals surface area contributed by atoms with E-state index in [-0.39, 0.29) is 5.91 Å². The number of oxime groups is 1. The van der Waals surface area contributed by atoms with Gasteiger partial charge in [0, 0.05) is 5.56 Å². The first-order valence-corrected chi connectivity index (χ1v) is 4.10. The molecule has 1 heterocycles. The van der Waals surface area contributed by atoms with Gasteiger partial charge in [0.1, 0.15) is 0 Å². The van der Waals surface area contributed by atoms with Crippen molar-refractivity contribution in [2.75, 3.05) is 0 Å². The predicted molar refractivity (Wildman–Crippen MR) is 53.6 cm³/mol. The number of hydrazine groups is 1. The number of carbonyl (C=O) groups excluding carboxylic acids is 1. The molecule has 2 rings (SSSR count). The Kier molecular flexibility index (Phi) is 2.20. The number of hydrogen-bond acceptors (Lipinski definition) is 4. The van der Waals surface area contributed by atoms with E-state index in [9.17, 15) is 4.79 Å². The number of carbonyl (C=O) groups is 1. The Bertz CT molecular complexity index is 406. The lowest BCUT2D eigenvalue weighted by Crippen LogP contribution is -2.31. The van der Waals surface area contributed by atoms with Crippen LogP contribution >= 0.6 is 0 Å². The summed E-state index contributed by atoms with van der Waals surface area (Å²) in [5.74, 6) is 4.71. The summed E-state index contributed by atoms with van der Waals surface area (Å²) in [4.78, 5) is 11.2. The Morgan fingerprint density at radius 3 is 3.21 bits per heavy atom. The van der Waals surface area contributed by atoms with Crippen molar-refractivity contribution in [1.29, 1.82) is 0 Å². The van der Waals surface area contributed by atoms with Crippen LogP contribution < -0.4 is 16.7 Å². The molecule has 1 amide bonds. The van der Waals surface area contributed by atoms with Gasteiger partial charge in [-0.1, -0.05) is 6.07 Å². The van der Waals surface area contributed by atoms with E-state index < -0.39 is 0 Å². The average Bonchev–Trinajstić information content (AvgIpc) is 2.27. The van der Waals surface area contributed by atoms with E-state index in [4.69, 9.17) is 10.6 Å². The molecule has 0 fully saturated rings. The molecule has 0 aromatic heterocycles. The zero-order valence-electron chi connectivity index (χ0n) is 7.36. The molecule has 0 spiro atoms. The second kappa shape index (κ2) is 3.51. The van der Waals surface area contributed by atoms with E-state index in [1.165, 1.54) is 0 Å². The van der Waals surface area contributed by atoms with Crippen LogP contribution in [0.3, 0.4) is 0 Å². The van der Waals surface area contributed by atoms with Gasteiger partial charge in [-0.05, 0) is 23.2 Å². The molecule has 70 valence electrons. The van der Waals surface area contributed by atoms with Gasteiger partial charge in [0.05, 0.1) is 6.21 Å². The third-order valence-corrected chi connectivity index (χ3v) is 2.03. The number of nitrogens with two attached hydrogens (primary N) is 1. The van der Waals surface area contributed by atoms with Crippen LogP contribution in [0.2, 0.25) is 0 Å². The van der Waals surface area contributed by atoms with Gasteiger partial charge < -0.3 is 4.76 Å². The number of amides is 1. The number of nitrogens with zero attached hydrogens (tertiary/aromatic N) is 1. The molecule has 0 saturated heterocycles. The van der Waals surface area contributed by atoms with Gasteiger partial charge >= 0.3 is 7.48 Å². The summed E-state index contributed by atoms with van der Waals surface area (Å²) in [6.07, 6.45) is 1.58. The van der Waals surface area contributed by atoms with Gasteiger partial charge in [-0.15, -0.1) is 5.16 Å². The van der Waals surface area contributed by atoms with Gasteiger partial charge in [-0.25, -0.2) is 5.84 Å². The Labute approximate surface area is 81.2 Å². The van der Waals surface area contributed by atoms with Crippen LogP contribution in [-0.4, -0.2) is 19.6 Å². The van der Waals surface area contributed by atoms with Crippen LogP contribution in [0.15, 0.2) is 23.4 Å². The molecular formula is C8H8BN3O2. The number of hydrogen-bond donors (Lipinski definition) is 2. The smallest absolute Gasteiger partial charge is 0.411 e. The summed E-state index contributed by atoms with van der Waals surface area (Å²) in [7, 11) is 0.441. The minimum Gasteiger partial charge on any atom is -0.468 e.